The third-order valence-electron chi connectivity index (χ3n) is 11.8. The van der Waals surface area contributed by atoms with Crippen molar-refractivity contribution in [3.05, 3.63) is 206 Å². The van der Waals surface area contributed by atoms with Crippen LogP contribution in [0.15, 0.2) is 211 Å². The Bertz CT molecular complexity index is 3640. The highest BCUT2D eigenvalue weighted by Gasteiger charge is 2.19. The second-order valence-corrected chi connectivity index (χ2v) is 15.5. The normalized spacial score (nSPS) is 11.6. The van der Waals surface area contributed by atoms with Gasteiger partial charge in [-0.1, -0.05) is 164 Å². The van der Waals surface area contributed by atoms with Gasteiger partial charge in [0.05, 0.1) is 5.52 Å². The number of benzene rings is 9. The van der Waals surface area contributed by atoms with Crippen molar-refractivity contribution in [2.75, 3.05) is 0 Å². The van der Waals surface area contributed by atoms with Gasteiger partial charge in [-0.2, -0.15) is 0 Å². The lowest BCUT2D eigenvalue weighted by Crippen LogP contribution is -2.00. The predicted molar refractivity (Wildman–Crippen MR) is 250 cm³/mol. The molecule has 0 unspecified atom stereocenters. The first-order valence-electron chi connectivity index (χ1n) is 20.4. The van der Waals surface area contributed by atoms with Crippen LogP contribution in [0.5, 0.6) is 0 Å². The molecule has 0 atom stereocenters. The van der Waals surface area contributed by atoms with Gasteiger partial charge >= 0.3 is 0 Å². The molecule has 0 saturated carbocycles. The number of furan rings is 1. The van der Waals surface area contributed by atoms with Crippen molar-refractivity contribution in [3.63, 3.8) is 0 Å². The van der Waals surface area contributed by atoms with Crippen molar-refractivity contribution in [3.8, 4) is 67.5 Å². The fraction of sp³-hybridized carbons (Fsp3) is 0. The van der Waals surface area contributed by atoms with Gasteiger partial charge in [-0.15, -0.1) is 0 Å². The van der Waals surface area contributed by atoms with Crippen LogP contribution in [-0.4, -0.2) is 19.9 Å². The molecule has 0 saturated heterocycles. The molecule has 12 rings (SSSR count). The van der Waals surface area contributed by atoms with E-state index in [1.165, 1.54) is 21.9 Å². The molecule has 5 heteroatoms. The van der Waals surface area contributed by atoms with Crippen molar-refractivity contribution in [1.29, 1.82) is 0 Å². The summed E-state index contributed by atoms with van der Waals surface area (Å²) in [5, 5.41) is 7.87. The fourth-order valence-corrected chi connectivity index (χ4v) is 8.67. The van der Waals surface area contributed by atoms with E-state index in [9.17, 15) is 0 Å². The van der Waals surface area contributed by atoms with Gasteiger partial charge < -0.3 is 4.42 Å². The molecule has 0 aliphatic heterocycles. The fourth-order valence-electron chi connectivity index (χ4n) is 8.67. The van der Waals surface area contributed by atoms with E-state index in [2.05, 4.69) is 187 Å². The van der Waals surface area contributed by atoms with E-state index in [4.69, 9.17) is 19.4 Å². The van der Waals surface area contributed by atoms with Crippen LogP contribution in [0.1, 0.15) is 0 Å². The van der Waals surface area contributed by atoms with Crippen LogP contribution < -0.4 is 0 Å². The topological polar surface area (TPSA) is 64.7 Å². The van der Waals surface area contributed by atoms with E-state index in [0.29, 0.717) is 17.5 Å². The zero-order chi connectivity index (χ0) is 40.3. The summed E-state index contributed by atoms with van der Waals surface area (Å²) >= 11 is 0. The van der Waals surface area contributed by atoms with E-state index in [1.54, 1.807) is 0 Å². The Hall–Kier alpha value is -8.28. The molecule has 3 heterocycles. The maximum absolute atomic E-state index is 6.47. The van der Waals surface area contributed by atoms with Gasteiger partial charge in [0.15, 0.2) is 17.5 Å². The van der Waals surface area contributed by atoms with Gasteiger partial charge in [0, 0.05) is 39.0 Å². The zero-order valence-electron chi connectivity index (χ0n) is 32.8. The number of hydrogen-bond donors (Lipinski definition) is 0. The Labute approximate surface area is 351 Å². The number of aromatic nitrogens is 4. The average molecular weight is 779 g/mol. The standard InChI is InChI=1S/C56H34N4O/c1-2-11-43-34-52-49(32-42(43)10-1)53-48(18-7-19-51(53)61-52)56-59-54(58-55(60-56)40-27-22-36(23-28-40)44-29-24-38-15-8-30-57-50(38)33-44)39-25-20-35(21-26-39)41-13-5-14-45(31-41)47-17-6-12-37-9-3-4-16-46(37)47/h1-34H. The highest BCUT2D eigenvalue weighted by atomic mass is 16.3. The van der Waals surface area contributed by atoms with Crippen molar-refractivity contribution in [2.45, 2.75) is 0 Å². The lowest BCUT2D eigenvalue weighted by molar-refractivity contribution is 0.669. The Balaban J connectivity index is 0.971. The maximum Gasteiger partial charge on any atom is 0.164 e. The highest BCUT2D eigenvalue weighted by Crippen LogP contribution is 2.39. The molecule has 0 N–H and O–H groups in total. The second-order valence-electron chi connectivity index (χ2n) is 15.5. The number of pyridine rings is 1. The van der Waals surface area contributed by atoms with E-state index < -0.39 is 0 Å². The Morgan fingerprint density at radius 2 is 0.885 bits per heavy atom. The number of hydrogen-bond acceptors (Lipinski definition) is 5. The third-order valence-corrected chi connectivity index (χ3v) is 11.8. The molecular weight excluding hydrogens is 745 g/mol. The van der Waals surface area contributed by atoms with Gasteiger partial charge in [0.25, 0.3) is 0 Å². The van der Waals surface area contributed by atoms with Gasteiger partial charge in [0.1, 0.15) is 11.2 Å². The average Bonchev–Trinajstić information content (AvgIpc) is 3.70. The SMILES string of the molecule is c1cc(-c2ccc(-c3nc(-c4ccc(-c5ccc6cccnc6c5)cc4)nc(-c4cccc5oc6cc7ccccc7cc6c45)n3)cc2)cc(-c2cccc3ccccc23)c1. The van der Waals surface area contributed by atoms with Crippen molar-refractivity contribution >= 4 is 54.4 Å². The Morgan fingerprint density at radius 1 is 0.311 bits per heavy atom. The molecule has 0 spiro atoms. The van der Waals surface area contributed by atoms with Crippen LogP contribution in [0.25, 0.3) is 122 Å². The van der Waals surface area contributed by atoms with Crippen LogP contribution in [-0.2, 0) is 0 Å². The lowest BCUT2D eigenvalue weighted by Gasteiger charge is -2.11. The summed E-state index contributed by atoms with van der Waals surface area (Å²) in [5.74, 6) is 1.77. The summed E-state index contributed by atoms with van der Waals surface area (Å²) in [4.78, 5) is 20.1. The molecule has 61 heavy (non-hydrogen) atoms. The summed E-state index contributed by atoms with van der Waals surface area (Å²) in [7, 11) is 0. The van der Waals surface area contributed by atoms with Gasteiger partial charge in [-0.25, -0.2) is 15.0 Å². The van der Waals surface area contributed by atoms with Crippen LogP contribution in [0.4, 0.5) is 0 Å². The Kier molecular flexibility index (Phi) is 8.10. The largest absolute Gasteiger partial charge is 0.456 e. The molecule has 0 aliphatic rings. The maximum atomic E-state index is 6.47. The Morgan fingerprint density at radius 3 is 1.67 bits per heavy atom. The molecule has 284 valence electrons. The highest BCUT2D eigenvalue weighted by molar-refractivity contribution is 6.15. The zero-order valence-corrected chi connectivity index (χ0v) is 32.8. The summed E-state index contributed by atoms with van der Waals surface area (Å²) in [5.41, 5.74) is 12.1. The smallest absolute Gasteiger partial charge is 0.164 e. The van der Waals surface area contributed by atoms with Crippen molar-refractivity contribution < 1.29 is 4.42 Å². The quantitative estimate of drug-likeness (QED) is 0.168. The molecule has 0 radical (unpaired) electrons. The number of rotatable bonds is 6. The molecule has 12 aromatic rings. The first-order valence-corrected chi connectivity index (χ1v) is 20.4. The monoisotopic (exact) mass is 778 g/mol. The number of fused-ring (bicyclic) bond motifs is 6. The minimum absolute atomic E-state index is 0.581. The molecule has 0 fully saturated rings. The van der Waals surface area contributed by atoms with E-state index in [-0.39, 0.29) is 0 Å². The van der Waals surface area contributed by atoms with Crippen LogP contribution in [0.3, 0.4) is 0 Å². The van der Waals surface area contributed by atoms with E-state index in [1.807, 2.05) is 24.4 Å². The molecular formula is C56H34N4O. The summed E-state index contributed by atoms with van der Waals surface area (Å²) in [6, 6.07) is 70.0. The number of nitrogens with zero attached hydrogens (tertiary/aromatic N) is 4. The van der Waals surface area contributed by atoms with Gasteiger partial charge in [-0.05, 0) is 91.3 Å². The summed E-state index contributed by atoms with van der Waals surface area (Å²) in [6.45, 7) is 0. The summed E-state index contributed by atoms with van der Waals surface area (Å²) in [6.07, 6.45) is 1.83. The van der Waals surface area contributed by atoms with E-state index in [0.717, 1.165) is 82.6 Å². The summed E-state index contributed by atoms with van der Waals surface area (Å²) < 4.78 is 6.47. The van der Waals surface area contributed by atoms with Crippen LogP contribution in [0.2, 0.25) is 0 Å². The van der Waals surface area contributed by atoms with E-state index >= 15 is 0 Å². The minimum atomic E-state index is 0.581. The lowest BCUT2D eigenvalue weighted by atomic mass is 9.95. The van der Waals surface area contributed by atoms with Crippen LogP contribution >= 0.6 is 0 Å². The van der Waals surface area contributed by atoms with Crippen LogP contribution in [0, 0.1) is 0 Å². The molecule has 0 bridgehead atoms. The third kappa shape index (κ3) is 6.19. The van der Waals surface area contributed by atoms with Crippen molar-refractivity contribution in [2.24, 2.45) is 0 Å². The predicted octanol–water partition coefficient (Wildman–Crippen LogP) is 14.6. The minimum Gasteiger partial charge on any atom is -0.456 e. The molecule has 9 aromatic carbocycles. The van der Waals surface area contributed by atoms with Crippen molar-refractivity contribution in [1.82, 2.24) is 19.9 Å². The first kappa shape index (κ1) is 34.7. The molecule has 0 amide bonds. The molecule has 5 nitrogen and oxygen atoms in total. The van der Waals surface area contributed by atoms with Gasteiger partial charge in [0.2, 0.25) is 0 Å². The first-order chi connectivity index (χ1) is 30.2. The molecule has 3 aromatic heterocycles. The van der Waals surface area contributed by atoms with Gasteiger partial charge in [-0.3, -0.25) is 4.98 Å². The second kappa shape index (κ2) is 14.2. The molecule has 0 aliphatic carbocycles.